The van der Waals surface area contributed by atoms with Crippen LogP contribution in [0.15, 0.2) is 23.2 Å². The summed E-state index contributed by atoms with van der Waals surface area (Å²) >= 11 is 4.17. The van der Waals surface area contributed by atoms with Crippen molar-refractivity contribution in [3.05, 3.63) is 28.4 Å². The fraction of sp³-hybridized carbons (Fsp3) is 0.100. The van der Waals surface area contributed by atoms with Crippen LogP contribution >= 0.6 is 22.9 Å². The Morgan fingerprint density at radius 3 is 2.76 bits per heavy atom. The van der Waals surface area contributed by atoms with Crippen LogP contribution in [-0.4, -0.2) is 28.7 Å². The lowest BCUT2D eigenvalue weighted by Crippen LogP contribution is -1.96. The van der Waals surface area contributed by atoms with E-state index in [0.717, 1.165) is 0 Å². The molecule has 3 rings (SSSR count). The van der Waals surface area contributed by atoms with Gasteiger partial charge in [-0.15, -0.1) is 10.2 Å². The highest BCUT2D eigenvalue weighted by atomic mass is 35.5. The predicted octanol–water partition coefficient (Wildman–Crippen LogP) is 2.71. The monoisotopic (exact) mass is 349 g/mol. The van der Waals surface area contributed by atoms with Crippen molar-refractivity contribution in [2.45, 2.75) is 11.3 Å². The molecule has 0 amide bonds. The van der Waals surface area contributed by atoms with Crippen LogP contribution in [0.1, 0.15) is 11.4 Å². The van der Waals surface area contributed by atoms with Gasteiger partial charge in [-0.25, -0.2) is 13.5 Å². The number of benzene rings is 1. The lowest BCUT2D eigenvalue weighted by molar-refractivity contribution is 0.150. The molecule has 11 heteroatoms. The van der Waals surface area contributed by atoms with E-state index in [2.05, 4.69) is 15.3 Å². The molecule has 0 fully saturated rings. The molecule has 6 nitrogen and oxygen atoms in total. The molecule has 2 aromatic heterocycles. The molecule has 0 N–H and O–H groups in total. The maximum Gasteiger partial charge on any atom is 0.291 e. The van der Waals surface area contributed by atoms with Crippen molar-refractivity contribution in [1.82, 2.24) is 20.0 Å². The van der Waals surface area contributed by atoms with Crippen molar-refractivity contribution >= 4 is 44.9 Å². The Labute approximate surface area is 127 Å². The molecule has 0 bridgehead atoms. The van der Waals surface area contributed by atoms with Crippen LogP contribution in [0.4, 0.5) is 8.78 Å². The van der Waals surface area contributed by atoms with Gasteiger partial charge in [-0.05, 0) is 23.2 Å². The van der Waals surface area contributed by atoms with Gasteiger partial charge in [0.15, 0.2) is 5.01 Å². The van der Waals surface area contributed by atoms with E-state index in [1.807, 2.05) is 0 Å². The molecule has 0 aliphatic heterocycles. The SMILES string of the molecule is O=S([O-])c1cc(Cl)c2cnn(-c3nnc(C(F)F)s3)c2c1. The zero-order valence-corrected chi connectivity index (χ0v) is 12.3. The molecular weight excluding hydrogens is 346 g/mol. The number of hydrogen-bond acceptors (Lipinski definition) is 6. The molecule has 21 heavy (non-hydrogen) atoms. The molecule has 0 radical (unpaired) electrons. The molecule has 0 aliphatic carbocycles. The van der Waals surface area contributed by atoms with Gasteiger partial charge in [0.2, 0.25) is 5.13 Å². The molecule has 3 aromatic rings. The average Bonchev–Trinajstić information content (AvgIpc) is 3.04. The number of aromatic nitrogens is 4. The summed E-state index contributed by atoms with van der Waals surface area (Å²) in [7, 11) is 0. The lowest BCUT2D eigenvalue weighted by atomic mass is 10.2. The third-order valence-electron chi connectivity index (χ3n) is 2.60. The van der Waals surface area contributed by atoms with Gasteiger partial charge in [0.25, 0.3) is 6.43 Å². The zero-order chi connectivity index (χ0) is 15.1. The minimum absolute atomic E-state index is 0.0344. The number of nitrogens with zero attached hydrogens (tertiary/aromatic N) is 4. The van der Waals surface area contributed by atoms with Crippen LogP contribution in [0, 0.1) is 0 Å². The number of hydrogen-bond donors (Lipinski definition) is 0. The number of fused-ring (bicyclic) bond motifs is 1. The number of rotatable bonds is 3. The Morgan fingerprint density at radius 1 is 1.38 bits per heavy atom. The Kier molecular flexibility index (Phi) is 3.69. The number of alkyl halides is 2. The minimum atomic E-state index is -2.73. The molecule has 1 atom stereocenters. The summed E-state index contributed by atoms with van der Waals surface area (Å²) < 4.78 is 48.4. The van der Waals surface area contributed by atoms with Gasteiger partial charge in [0.05, 0.1) is 16.7 Å². The summed E-state index contributed by atoms with van der Waals surface area (Å²) in [5, 5.41) is 11.3. The Hall–Kier alpha value is -1.49. The van der Waals surface area contributed by atoms with Gasteiger partial charge >= 0.3 is 0 Å². The van der Waals surface area contributed by atoms with Crippen LogP contribution < -0.4 is 0 Å². The fourth-order valence-electron chi connectivity index (χ4n) is 1.71. The lowest BCUT2D eigenvalue weighted by Gasteiger charge is -2.06. The Morgan fingerprint density at radius 2 is 2.14 bits per heavy atom. The second-order valence-corrected chi connectivity index (χ2v) is 6.19. The quantitative estimate of drug-likeness (QED) is 0.679. The topological polar surface area (TPSA) is 83.7 Å². The third-order valence-corrected chi connectivity index (χ3v) is 4.44. The van der Waals surface area contributed by atoms with Gasteiger partial charge in [-0.1, -0.05) is 22.9 Å². The van der Waals surface area contributed by atoms with E-state index in [0.29, 0.717) is 22.2 Å². The Balaban J connectivity index is 2.20. The molecular formula is C10H4ClF2N4O2S2-. The number of halogens is 3. The summed E-state index contributed by atoms with van der Waals surface area (Å²) in [5.41, 5.74) is 0.346. The molecule has 0 spiro atoms. The largest absolute Gasteiger partial charge is 0.768 e. The zero-order valence-electron chi connectivity index (χ0n) is 9.87. The molecule has 0 saturated carbocycles. The Bertz CT molecular complexity index is 851. The summed E-state index contributed by atoms with van der Waals surface area (Å²) in [6.45, 7) is 0. The van der Waals surface area contributed by atoms with Crippen LogP contribution in [-0.2, 0) is 11.1 Å². The van der Waals surface area contributed by atoms with E-state index in [-0.39, 0.29) is 15.0 Å². The highest BCUT2D eigenvalue weighted by molar-refractivity contribution is 7.79. The van der Waals surface area contributed by atoms with Gasteiger partial charge < -0.3 is 4.55 Å². The maximum absolute atomic E-state index is 12.5. The smallest absolute Gasteiger partial charge is 0.291 e. The van der Waals surface area contributed by atoms with Crippen molar-refractivity contribution in [2.75, 3.05) is 0 Å². The van der Waals surface area contributed by atoms with Crippen LogP contribution in [0.3, 0.4) is 0 Å². The summed E-state index contributed by atoms with van der Waals surface area (Å²) in [6, 6.07) is 2.62. The van der Waals surface area contributed by atoms with E-state index in [4.69, 9.17) is 11.6 Å². The normalized spacial score (nSPS) is 13.2. The molecule has 2 heterocycles. The van der Waals surface area contributed by atoms with E-state index in [1.54, 1.807) is 0 Å². The molecule has 110 valence electrons. The van der Waals surface area contributed by atoms with Gasteiger partial charge in [0.1, 0.15) is 0 Å². The van der Waals surface area contributed by atoms with Crippen molar-refractivity contribution in [3.8, 4) is 5.13 Å². The van der Waals surface area contributed by atoms with Crippen LogP contribution in [0.2, 0.25) is 5.02 Å². The minimum Gasteiger partial charge on any atom is -0.768 e. The van der Waals surface area contributed by atoms with Crippen molar-refractivity contribution in [1.29, 1.82) is 0 Å². The first-order valence-corrected chi connectivity index (χ1v) is 7.63. The first kappa shape index (κ1) is 14.4. The van der Waals surface area contributed by atoms with E-state index >= 15 is 0 Å². The van der Waals surface area contributed by atoms with Gasteiger partial charge in [-0.3, -0.25) is 4.21 Å². The average molecular weight is 350 g/mol. The second-order valence-electron chi connectivity index (χ2n) is 3.85. The van der Waals surface area contributed by atoms with Crippen LogP contribution in [0.5, 0.6) is 0 Å². The first-order chi connectivity index (χ1) is 9.97. The molecule has 0 saturated heterocycles. The van der Waals surface area contributed by atoms with Crippen molar-refractivity contribution in [2.24, 2.45) is 0 Å². The fourth-order valence-corrected chi connectivity index (χ4v) is 3.13. The van der Waals surface area contributed by atoms with Crippen molar-refractivity contribution < 1.29 is 17.5 Å². The highest BCUT2D eigenvalue weighted by Crippen LogP contribution is 2.30. The first-order valence-electron chi connectivity index (χ1n) is 5.36. The van der Waals surface area contributed by atoms with E-state index in [1.165, 1.54) is 23.0 Å². The molecule has 1 aromatic carbocycles. The second kappa shape index (κ2) is 5.37. The maximum atomic E-state index is 12.5. The molecule has 1 unspecified atom stereocenters. The van der Waals surface area contributed by atoms with E-state index in [9.17, 15) is 17.5 Å². The van der Waals surface area contributed by atoms with Gasteiger partial charge in [0, 0.05) is 10.3 Å². The molecule has 0 aliphatic rings. The van der Waals surface area contributed by atoms with Crippen molar-refractivity contribution in [3.63, 3.8) is 0 Å². The third kappa shape index (κ3) is 2.55. The highest BCUT2D eigenvalue weighted by Gasteiger charge is 2.17. The summed E-state index contributed by atoms with van der Waals surface area (Å²) in [4.78, 5) is -0.0344. The standard InChI is InChI=1S/C10H5ClF2N4O2S2/c11-6-1-4(21(18)19)2-7-5(6)3-14-17(7)10-16-15-9(20-10)8(12)13/h1-3,8H,(H,18,19)/p-1. The summed E-state index contributed by atoms with van der Waals surface area (Å²) in [5.74, 6) is 0. The van der Waals surface area contributed by atoms with Gasteiger partial charge in [-0.2, -0.15) is 5.10 Å². The van der Waals surface area contributed by atoms with Crippen LogP contribution in [0.25, 0.3) is 16.0 Å². The summed E-state index contributed by atoms with van der Waals surface area (Å²) in [6.07, 6.45) is -1.33. The van der Waals surface area contributed by atoms with E-state index < -0.39 is 22.5 Å². The predicted molar refractivity (Wildman–Crippen MR) is 71.7 cm³/mol.